The Balaban J connectivity index is 0.00000306. The number of halogens is 1. The monoisotopic (exact) mass is 497 g/mol. The molecule has 0 saturated heterocycles. The number of hydrogen-bond donors (Lipinski definition) is 2. The number of ether oxygens (including phenoxy) is 1. The van der Waals surface area contributed by atoms with E-state index in [4.69, 9.17) is 4.74 Å². The van der Waals surface area contributed by atoms with Gasteiger partial charge in [0.2, 0.25) is 0 Å². The number of hydrogen-bond acceptors (Lipinski definition) is 4. The van der Waals surface area contributed by atoms with E-state index in [9.17, 15) is 5.11 Å². The van der Waals surface area contributed by atoms with Gasteiger partial charge in [-0.15, -0.1) is 0 Å². The summed E-state index contributed by atoms with van der Waals surface area (Å²) in [5.74, 6) is 0.806. The summed E-state index contributed by atoms with van der Waals surface area (Å²) < 4.78 is 5.85. The van der Waals surface area contributed by atoms with E-state index in [1.165, 1.54) is 16.7 Å². The molecule has 4 rings (SSSR count). The van der Waals surface area contributed by atoms with Crippen molar-refractivity contribution in [3.05, 3.63) is 117 Å². The lowest BCUT2D eigenvalue weighted by molar-refractivity contribution is -0.686. The molecule has 6 heteroatoms. The second kappa shape index (κ2) is 12.7. The largest absolute Gasteiger partial charge is 1.00 e. The molecule has 2 aromatic carbocycles. The Kier molecular flexibility index (Phi) is 9.73. The molecule has 0 fully saturated rings. The van der Waals surface area contributed by atoms with Gasteiger partial charge in [-0.25, -0.2) is 0 Å². The molecule has 172 valence electrons. The van der Waals surface area contributed by atoms with Crippen molar-refractivity contribution < 1.29 is 27.6 Å². The maximum absolute atomic E-state index is 10.8. The van der Waals surface area contributed by atoms with E-state index in [1.807, 2.05) is 54.6 Å². The van der Waals surface area contributed by atoms with Crippen molar-refractivity contribution in [2.24, 2.45) is 0 Å². The maximum Gasteiger partial charge on any atom is 0.130 e. The molecule has 0 bridgehead atoms. The smallest absolute Gasteiger partial charge is 0.130 e. The predicted octanol–water partition coefficient (Wildman–Crippen LogP) is 2.51. The summed E-state index contributed by atoms with van der Waals surface area (Å²) in [6.45, 7) is 3.40. The molecule has 2 atom stereocenters. The van der Waals surface area contributed by atoms with E-state index in [0.29, 0.717) is 6.61 Å². The maximum atomic E-state index is 10.8. The van der Waals surface area contributed by atoms with Crippen LogP contribution in [0.2, 0.25) is 0 Å². The second-order valence-electron chi connectivity index (χ2n) is 7.76. The summed E-state index contributed by atoms with van der Waals surface area (Å²) >= 11 is 3.42. The summed E-state index contributed by atoms with van der Waals surface area (Å²) in [5, 5.41) is 21.6. The van der Waals surface area contributed by atoms with Gasteiger partial charge < -0.3 is 27.6 Å². The summed E-state index contributed by atoms with van der Waals surface area (Å²) in [7, 11) is 0. The van der Waals surface area contributed by atoms with E-state index in [2.05, 4.69) is 52.0 Å². The highest BCUT2D eigenvalue weighted by Crippen LogP contribution is 2.26. The second-order valence-corrected chi connectivity index (χ2v) is 9.32. The number of thiophene rings is 2. The fourth-order valence-electron chi connectivity index (χ4n) is 3.57. The van der Waals surface area contributed by atoms with Crippen molar-refractivity contribution in [1.29, 1.82) is 0 Å². The van der Waals surface area contributed by atoms with Crippen LogP contribution in [0, 0.1) is 0 Å². The van der Waals surface area contributed by atoms with Crippen LogP contribution >= 0.6 is 22.7 Å². The average molecular weight is 498 g/mol. The van der Waals surface area contributed by atoms with Gasteiger partial charge in [0, 0.05) is 0 Å². The molecule has 33 heavy (non-hydrogen) atoms. The van der Waals surface area contributed by atoms with E-state index in [-0.39, 0.29) is 18.4 Å². The Labute approximate surface area is 209 Å². The third-order valence-corrected chi connectivity index (χ3v) is 6.83. The Hall–Kier alpha value is -2.41. The molecule has 0 radical (unpaired) electrons. The van der Waals surface area contributed by atoms with Gasteiger partial charge in [-0.3, -0.25) is 0 Å². The number of aliphatic hydroxyl groups excluding tert-OH is 1. The topological polar surface area (TPSA) is 46.1 Å². The van der Waals surface area contributed by atoms with Crippen LogP contribution in [0.1, 0.15) is 35.3 Å². The molecule has 3 nitrogen and oxygen atoms in total. The van der Waals surface area contributed by atoms with Crippen molar-refractivity contribution in [2.45, 2.75) is 25.7 Å². The molecule has 0 aliphatic rings. The van der Waals surface area contributed by atoms with Crippen LogP contribution in [0.3, 0.4) is 0 Å². The van der Waals surface area contributed by atoms with Gasteiger partial charge in [0.05, 0.1) is 6.54 Å². The molecule has 2 aromatic heterocycles. The highest BCUT2D eigenvalue weighted by Gasteiger charge is 2.19. The Morgan fingerprint density at radius 3 is 2.15 bits per heavy atom. The van der Waals surface area contributed by atoms with Gasteiger partial charge in [0.15, 0.2) is 0 Å². The van der Waals surface area contributed by atoms with Gasteiger partial charge in [-0.2, -0.15) is 22.7 Å². The summed E-state index contributed by atoms with van der Waals surface area (Å²) in [5.41, 5.74) is 5.80. The molecule has 0 aliphatic carbocycles. The van der Waals surface area contributed by atoms with Crippen molar-refractivity contribution in [3.8, 4) is 5.75 Å². The van der Waals surface area contributed by atoms with Crippen LogP contribution in [0.25, 0.3) is 5.57 Å². The van der Waals surface area contributed by atoms with E-state index < -0.39 is 6.10 Å². The summed E-state index contributed by atoms with van der Waals surface area (Å²) in [4.78, 5) is 0. The first kappa shape index (κ1) is 25.2. The van der Waals surface area contributed by atoms with Gasteiger partial charge in [-0.05, 0) is 86.6 Å². The van der Waals surface area contributed by atoms with Crippen LogP contribution in [-0.2, 0) is 6.61 Å². The highest BCUT2D eigenvalue weighted by atomic mass is 35.5. The minimum absolute atomic E-state index is 0. The molecular weight excluding hydrogens is 470 g/mol. The Bertz CT molecular complexity index is 1060. The fourth-order valence-corrected chi connectivity index (χ4v) is 4.88. The number of benzene rings is 2. The van der Waals surface area contributed by atoms with Crippen molar-refractivity contribution in [3.63, 3.8) is 0 Å². The normalized spacial score (nSPS) is 12.4. The molecule has 0 spiro atoms. The van der Waals surface area contributed by atoms with E-state index >= 15 is 0 Å². The molecule has 0 amide bonds. The number of nitrogens with two attached hydrogens (primary N) is 1. The lowest BCUT2D eigenvalue weighted by Gasteiger charge is -2.18. The zero-order chi connectivity index (χ0) is 22.2. The summed E-state index contributed by atoms with van der Waals surface area (Å²) in [6, 6.07) is 22.2. The minimum Gasteiger partial charge on any atom is -1.00 e. The number of rotatable bonds is 10. The van der Waals surface area contributed by atoms with E-state index in [0.717, 1.165) is 23.4 Å². The summed E-state index contributed by atoms with van der Waals surface area (Å²) in [6.07, 6.45) is 1.71. The van der Waals surface area contributed by atoms with Gasteiger partial charge in [0.25, 0.3) is 0 Å². The van der Waals surface area contributed by atoms with Crippen LogP contribution in [0.4, 0.5) is 0 Å². The molecule has 0 aliphatic heterocycles. The van der Waals surface area contributed by atoms with E-state index in [1.54, 1.807) is 22.7 Å². The molecule has 3 N–H and O–H groups in total. The molecular formula is C27H28ClNO2S2. The first-order valence-corrected chi connectivity index (χ1v) is 12.6. The van der Waals surface area contributed by atoms with Crippen LogP contribution < -0.4 is 22.5 Å². The third-order valence-electron chi connectivity index (χ3n) is 5.46. The molecule has 2 heterocycles. The van der Waals surface area contributed by atoms with Gasteiger partial charge in [0.1, 0.15) is 24.5 Å². The van der Waals surface area contributed by atoms with Gasteiger partial charge in [-0.1, -0.05) is 42.5 Å². The molecule has 4 aromatic rings. The van der Waals surface area contributed by atoms with Crippen molar-refractivity contribution in [2.75, 3.05) is 6.54 Å². The Morgan fingerprint density at radius 2 is 1.58 bits per heavy atom. The SMILES string of the molecule is CC([NH2+]CC=C(c1ccsc1)c1ccsc1)C(O)c1ccc(OCc2ccccc2)cc1.[Cl-]. The standard InChI is InChI=1S/C27H27NO2S2.ClH/c1-20(28-14-11-26(23-12-15-31-18-23)24-13-16-32-19-24)27(29)22-7-9-25(10-8-22)30-17-21-5-3-2-4-6-21;/h2-13,15-16,18-20,27-29H,14,17H2,1H3;1H. The molecule has 0 saturated carbocycles. The average Bonchev–Trinajstić information content (AvgIpc) is 3.56. The predicted molar refractivity (Wildman–Crippen MR) is 134 cm³/mol. The fraction of sp³-hybridized carbons (Fsp3) is 0.185. The van der Waals surface area contributed by atoms with Crippen molar-refractivity contribution >= 4 is 28.2 Å². The quantitative estimate of drug-likeness (QED) is 0.353. The lowest BCUT2D eigenvalue weighted by Crippen LogP contribution is -3.00. The van der Waals surface area contributed by atoms with Crippen LogP contribution in [-0.4, -0.2) is 17.7 Å². The minimum atomic E-state index is -0.544. The van der Waals surface area contributed by atoms with Crippen molar-refractivity contribution in [1.82, 2.24) is 0 Å². The van der Waals surface area contributed by atoms with Crippen LogP contribution in [0.15, 0.2) is 94.3 Å². The number of aliphatic hydroxyl groups is 1. The number of quaternary nitrogens is 1. The first-order chi connectivity index (χ1) is 15.7. The lowest BCUT2D eigenvalue weighted by atomic mass is 10.0. The third kappa shape index (κ3) is 7.03. The Morgan fingerprint density at radius 1 is 0.939 bits per heavy atom. The van der Waals surface area contributed by atoms with Crippen LogP contribution in [0.5, 0.6) is 5.75 Å². The molecule has 2 unspecified atom stereocenters. The van der Waals surface area contributed by atoms with Gasteiger partial charge >= 0.3 is 0 Å². The zero-order valence-electron chi connectivity index (χ0n) is 18.4. The highest BCUT2D eigenvalue weighted by molar-refractivity contribution is 7.08. The zero-order valence-corrected chi connectivity index (χ0v) is 20.8. The first-order valence-electron chi connectivity index (χ1n) is 10.7.